The summed E-state index contributed by atoms with van der Waals surface area (Å²) in [6.45, 7) is 1.81. The molecule has 94 valence electrons. The Bertz CT molecular complexity index is 689. The molecule has 1 aromatic heterocycles. The minimum Gasteiger partial charge on any atom is -0.297 e. The highest BCUT2D eigenvalue weighted by Crippen LogP contribution is 2.13. The van der Waals surface area contributed by atoms with Crippen LogP contribution in [0.2, 0.25) is 5.15 Å². The van der Waals surface area contributed by atoms with E-state index < -0.39 is 5.69 Å². The molecule has 0 fully saturated rings. The van der Waals surface area contributed by atoms with E-state index in [0.29, 0.717) is 17.7 Å². The third kappa shape index (κ3) is 2.28. The van der Waals surface area contributed by atoms with E-state index in [4.69, 9.17) is 11.6 Å². The largest absolute Gasteiger partial charge is 0.334 e. The van der Waals surface area contributed by atoms with Gasteiger partial charge in [-0.1, -0.05) is 34.5 Å². The lowest BCUT2D eigenvalue weighted by Gasteiger charge is -2.07. The zero-order valence-electron chi connectivity index (χ0n) is 9.54. The Kier molecular flexibility index (Phi) is 3.73. The SMILES string of the molecule is CCc1c(Cl)[nH]c(=O)n(-c2ccc(Br)cc2)c1=O. The minimum absolute atomic E-state index is 0.112. The van der Waals surface area contributed by atoms with Crippen LogP contribution in [0.4, 0.5) is 0 Å². The molecule has 2 rings (SSSR count). The molecule has 0 saturated heterocycles. The smallest absolute Gasteiger partial charge is 0.297 e. The second kappa shape index (κ2) is 5.12. The zero-order valence-corrected chi connectivity index (χ0v) is 11.9. The van der Waals surface area contributed by atoms with Gasteiger partial charge in [0, 0.05) is 4.47 Å². The molecule has 4 nitrogen and oxygen atoms in total. The Labute approximate surface area is 116 Å². The van der Waals surface area contributed by atoms with Crippen molar-refractivity contribution in [3.05, 3.63) is 60.3 Å². The van der Waals surface area contributed by atoms with Gasteiger partial charge >= 0.3 is 5.69 Å². The first-order valence-corrected chi connectivity index (χ1v) is 6.51. The molecule has 6 heteroatoms. The Hall–Kier alpha value is -1.33. The van der Waals surface area contributed by atoms with E-state index in [1.807, 2.05) is 6.92 Å². The number of nitrogens with zero attached hydrogens (tertiary/aromatic N) is 1. The third-order valence-corrected chi connectivity index (χ3v) is 3.44. The Morgan fingerprint density at radius 1 is 1.28 bits per heavy atom. The van der Waals surface area contributed by atoms with Gasteiger partial charge in [-0.05, 0) is 30.7 Å². The van der Waals surface area contributed by atoms with Gasteiger partial charge in [-0.25, -0.2) is 9.36 Å². The van der Waals surface area contributed by atoms with Gasteiger partial charge in [-0.3, -0.25) is 9.78 Å². The number of H-pyrrole nitrogens is 1. The van der Waals surface area contributed by atoms with E-state index >= 15 is 0 Å². The van der Waals surface area contributed by atoms with Crippen molar-refractivity contribution in [1.82, 2.24) is 9.55 Å². The van der Waals surface area contributed by atoms with Crippen LogP contribution in [-0.4, -0.2) is 9.55 Å². The van der Waals surface area contributed by atoms with Crippen LogP contribution in [0.5, 0.6) is 0 Å². The quantitative estimate of drug-likeness (QED) is 0.861. The number of halogens is 2. The van der Waals surface area contributed by atoms with Crippen molar-refractivity contribution >= 4 is 27.5 Å². The summed E-state index contributed by atoms with van der Waals surface area (Å²) in [4.78, 5) is 26.5. The van der Waals surface area contributed by atoms with Gasteiger partial charge in [-0.15, -0.1) is 0 Å². The molecule has 0 bridgehead atoms. The summed E-state index contributed by atoms with van der Waals surface area (Å²) in [5.74, 6) is 0. The Morgan fingerprint density at radius 2 is 1.89 bits per heavy atom. The molecule has 0 unspecified atom stereocenters. The second-order valence-electron chi connectivity index (χ2n) is 3.69. The lowest BCUT2D eigenvalue weighted by molar-refractivity contribution is 0.842. The average Bonchev–Trinajstić information content (AvgIpc) is 2.31. The monoisotopic (exact) mass is 328 g/mol. The van der Waals surface area contributed by atoms with E-state index in [0.717, 1.165) is 9.04 Å². The lowest BCUT2D eigenvalue weighted by atomic mass is 10.2. The predicted molar refractivity (Wildman–Crippen MR) is 74.7 cm³/mol. The van der Waals surface area contributed by atoms with Gasteiger partial charge < -0.3 is 0 Å². The predicted octanol–water partition coefficient (Wildman–Crippen LogP) is 2.50. The van der Waals surface area contributed by atoms with Crippen LogP contribution in [-0.2, 0) is 6.42 Å². The van der Waals surface area contributed by atoms with Crippen molar-refractivity contribution in [3.63, 3.8) is 0 Å². The molecular weight excluding hydrogens is 320 g/mol. The van der Waals surface area contributed by atoms with E-state index in [2.05, 4.69) is 20.9 Å². The molecule has 1 aromatic carbocycles. The molecule has 0 radical (unpaired) electrons. The molecule has 0 amide bonds. The van der Waals surface area contributed by atoms with Crippen LogP contribution >= 0.6 is 27.5 Å². The summed E-state index contributed by atoms with van der Waals surface area (Å²) >= 11 is 9.14. The maximum atomic E-state index is 12.2. The van der Waals surface area contributed by atoms with Crippen molar-refractivity contribution in [2.75, 3.05) is 0 Å². The maximum absolute atomic E-state index is 12.2. The summed E-state index contributed by atoms with van der Waals surface area (Å²) in [5, 5.41) is 0.112. The van der Waals surface area contributed by atoms with Crippen molar-refractivity contribution in [2.24, 2.45) is 0 Å². The topological polar surface area (TPSA) is 54.9 Å². The minimum atomic E-state index is -0.537. The first-order valence-electron chi connectivity index (χ1n) is 5.34. The van der Waals surface area contributed by atoms with Crippen LogP contribution in [0.15, 0.2) is 38.3 Å². The number of aromatic nitrogens is 2. The molecule has 0 spiro atoms. The fourth-order valence-electron chi connectivity index (χ4n) is 1.68. The molecule has 0 aliphatic rings. The highest BCUT2D eigenvalue weighted by molar-refractivity contribution is 9.10. The summed E-state index contributed by atoms with van der Waals surface area (Å²) in [6, 6.07) is 6.91. The first-order chi connectivity index (χ1) is 8.54. The molecule has 0 aliphatic heterocycles. The van der Waals surface area contributed by atoms with E-state index in [-0.39, 0.29) is 10.7 Å². The van der Waals surface area contributed by atoms with Crippen molar-refractivity contribution < 1.29 is 0 Å². The van der Waals surface area contributed by atoms with Gasteiger partial charge in [-0.2, -0.15) is 0 Å². The summed E-state index contributed by atoms with van der Waals surface area (Å²) in [5.41, 5.74) is -0.00639. The van der Waals surface area contributed by atoms with Crippen molar-refractivity contribution in [2.45, 2.75) is 13.3 Å². The fraction of sp³-hybridized carbons (Fsp3) is 0.167. The molecule has 0 atom stereocenters. The maximum Gasteiger partial charge on any atom is 0.334 e. The van der Waals surface area contributed by atoms with Crippen molar-refractivity contribution in [1.29, 1.82) is 0 Å². The number of benzene rings is 1. The van der Waals surface area contributed by atoms with Crippen LogP contribution < -0.4 is 11.2 Å². The molecule has 18 heavy (non-hydrogen) atoms. The third-order valence-electron chi connectivity index (χ3n) is 2.58. The van der Waals surface area contributed by atoms with Gasteiger partial charge in [0.05, 0.1) is 11.3 Å². The Balaban J connectivity index is 2.76. The molecule has 2 aromatic rings. The number of hydrogen-bond acceptors (Lipinski definition) is 2. The number of rotatable bonds is 2. The molecule has 0 saturated carbocycles. The van der Waals surface area contributed by atoms with Gasteiger partial charge in [0.2, 0.25) is 0 Å². The summed E-state index contributed by atoms with van der Waals surface area (Å²) in [7, 11) is 0. The number of aromatic amines is 1. The van der Waals surface area contributed by atoms with Gasteiger partial charge in [0.1, 0.15) is 5.15 Å². The molecule has 1 N–H and O–H groups in total. The average molecular weight is 330 g/mol. The van der Waals surface area contributed by atoms with Crippen LogP contribution in [0, 0.1) is 0 Å². The number of hydrogen-bond donors (Lipinski definition) is 1. The molecule has 1 heterocycles. The van der Waals surface area contributed by atoms with Gasteiger partial charge in [0.15, 0.2) is 0 Å². The normalized spacial score (nSPS) is 10.6. The molecular formula is C12H10BrClN2O2. The summed E-state index contributed by atoms with van der Waals surface area (Å²) < 4.78 is 1.96. The summed E-state index contributed by atoms with van der Waals surface area (Å²) in [6.07, 6.45) is 0.463. The molecule has 0 aliphatic carbocycles. The lowest BCUT2D eigenvalue weighted by Crippen LogP contribution is -2.35. The fourth-order valence-corrected chi connectivity index (χ4v) is 2.24. The number of nitrogens with one attached hydrogen (secondary N) is 1. The zero-order chi connectivity index (χ0) is 13.3. The standard InChI is InChI=1S/C12H10BrClN2O2/c1-2-9-10(14)15-12(18)16(11(9)17)8-5-3-7(13)4-6-8/h3-6H,2H2,1H3,(H,15,18). The first kappa shape index (κ1) is 13.1. The highest BCUT2D eigenvalue weighted by atomic mass is 79.9. The Morgan fingerprint density at radius 3 is 2.44 bits per heavy atom. The van der Waals surface area contributed by atoms with Crippen LogP contribution in [0.3, 0.4) is 0 Å². The second-order valence-corrected chi connectivity index (χ2v) is 4.99. The van der Waals surface area contributed by atoms with E-state index in [1.54, 1.807) is 24.3 Å². The van der Waals surface area contributed by atoms with Crippen molar-refractivity contribution in [3.8, 4) is 5.69 Å². The van der Waals surface area contributed by atoms with E-state index in [1.165, 1.54) is 0 Å². The van der Waals surface area contributed by atoms with E-state index in [9.17, 15) is 9.59 Å². The van der Waals surface area contributed by atoms with Crippen LogP contribution in [0.1, 0.15) is 12.5 Å². The van der Waals surface area contributed by atoms with Gasteiger partial charge in [0.25, 0.3) is 5.56 Å². The highest BCUT2D eigenvalue weighted by Gasteiger charge is 2.12. The van der Waals surface area contributed by atoms with Crippen LogP contribution in [0.25, 0.3) is 5.69 Å².